The molecule has 0 spiro atoms. The van der Waals surface area contributed by atoms with E-state index in [4.69, 9.17) is 4.74 Å². The van der Waals surface area contributed by atoms with Crippen molar-refractivity contribution in [1.82, 2.24) is 4.90 Å². The van der Waals surface area contributed by atoms with Gasteiger partial charge in [-0.15, -0.1) is 0 Å². The maximum absolute atomic E-state index is 12.7. The highest BCUT2D eigenvalue weighted by Crippen LogP contribution is 2.24. The number of methoxy groups -OCH3 is 1. The molecule has 5 nitrogen and oxygen atoms in total. The van der Waals surface area contributed by atoms with Crippen LogP contribution in [0.2, 0.25) is 0 Å². The molecule has 1 fully saturated rings. The van der Waals surface area contributed by atoms with Gasteiger partial charge in [0, 0.05) is 24.7 Å². The van der Waals surface area contributed by atoms with E-state index in [0.29, 0.717) is 11.3 Å². The lowest BCUT2D eigenvalue weighted by Crippen LogP contribution is -2.44. The number of carbonyl (C=O) groups excluding carboxylic acids is 1. The Morgan fingerprint density at radius 3 is 3.00 bits per heavy atom. The summed E-state index contributed by atoms with van der Waals surface area (Å²) in [5.74, 6) is 0.629. The Balaban J connectivity index is 1.77. The minimum Gasteiger partial charge on any atom is -0.618 e. The number of ether oxygens (including phenoxy) is 1. The summed E-state index contributed by atoms with van der Waals surface area (Å²) in [6.45, 7) is 0.697. The number of amides is 1. The van der Waals surface area contributed by atoms with Crippen molar-refractivity contribution in [3.05, 3.63) is 65.1 Å². The summed E-state index contributed by atoms with van der Waals surface area (Å²) in [7, 11) is 1.65. The van der Waals surface area contributed by atoms with E-state index < -0.39 is 0 Å². The van der Waals surface area contributed by atoms with Crippen molar-refractivity contribution in [2.24, 2.45) is 0 Å². The summed E-state index contributed by atoms with van der Waals surface area (Å²) >= 11 is 0. The predicted octanol–water partition coefficient (Wildman–Crippen LogP) is 2.18. The van der Waals surface area contributed by atoms with Crippen molar-refractivity contribution in [2.75, 3.05) is 13.7 Å². The van der Waals surface area contributed by atoms with Gasteiger partial charge in [0.15, 0.2) is 6.20 Å². The van der Waals surface area contributed by atoms with Crippen LogP contribution in [-0.4, -0.2) is 30.5 Å². The molecule has 23 heavy (non-hydrogen) atoms. The van der Waals surface area contributed by atoms with E-state index in [-0.39, 0.29) is 17.6 Å². The van der Waals surface area contributed by atoms with E-state index in [1.807, 2.05) is 29.2 Å². The highest BCUT2D eigenvalue weighted by atomic mass is 16.5. The normalized spacial score (nSPS) is 17.3. The van der Waals surface area contributed by atoms with Gasteiger partial charge in [-0.2, -0.15) is 4.73 Å². The molecule has 0 N–H and O–H groups in total. The second kappa shape index (κ2) is 6.69. The SMILES string of the molecule is COc1cccc(C[C@@H]2CCCN2C(=O)c2cccc[n+]2[O-])c1. The molecule has 120 valence electrons. The van der Waals surface area contributed by atoms with Gasteiger partial charge in [0.1, 0.15) is 5.75 Å². The molecule has 1 atom stereocenters. The van der Waals surface area contributed by atoms with Crippen molar-refractivity contribution in [2.45, 2.75) is 25.3 Å². The fraction of sp³-hybridized carbons (Fsp3) is 0.333. The van der Waals surface area contributed by atoms with Gasteiger partial charge < -0.3 is 14.8 Å². The van der Waals surface area contributed by atoms with E-state index in [2.05, 4.69) is 0 Å². The third-order valence-corrected chi connectivity index (χ3v) is 4.29. The van der Waals surface area contributed by atoms with Gasteiger partial charge in [0.2, 0.25) is 0 Å². The highest BCUT2D eigenvalue weighted by Gasteiger charge is 2.32. The minimum atomic E-state index is -0.189. The van der Waals surface area contributed by atoms with E-state index in [9.17, 15) is 10.0 Å². The largest absolute Gasteiger partial charge is 0.618 e. The van der Waals surface area contributed by atoms with Crippen LogP contribution in [0.4, 0.5) is 0 Å². The van der Waals surface area contributed by atoms with E-state index in [1.54, 1.807) is 25.3 Å². The quantitative estimate of drug-likeness (QED) is 0.642. The molecule has 1 aliphatic heterocycles. The van der Waals surface area contributed by atoms with Crippen LogP contribution in [0.3, 0.4) is 0 Å². The molecular formula is C18H20N2O3. The second-order valence-electron chi connectivity index (χ2n) is 5.76. The van der Waals surface area contributed by atoms with Crippen molar-refractivity contribution in [3.63, 3.8) is 0 Å². The van der Waals surface area contributed by atoms with Crippen molar-refractivity contribution < 1.29 is 14.3 Å². The maximum Gasteiger partial charge on any atom is 0.320 e. The minimum absolute atomic E-state index is 0.120. The molecule has 0 bridgehead atoms. The molecular weight excluding hydrogens is 292 g/mol. The highest BCUT2D eigenvalue weighted by molar-refractivity contribution is 5.91. The van der Waals surface area contributed by atoms with Gasteiger partial charge in [-0.3, -0.25) is 4.79 Å². The van der Waals surface area contributed by atoms with Crippen LogP contribution in [0.25, 0.3) is 0 Å². The number of pyridine rings is 1. The van der Waals surface area contributed by atoms with E-state index in [1.165, 1.54) is 6.20 Å². The monoisotopic (exact) mass is 312 g/mol. The van der Waals surface area contributed by atoms with Crippen LogP contribution in [0.5, 0.6) is 5.75 Å². The molecule has 2 heterocycles. The van der Waals surface area contributed by atoms with Crippen LogP contribution in [0, 0.1) is 5.21 Å². The Morgan fingerprint density at radius 2 is 2.22 bits per heavy atom. The molecule has 1 aromatic heterocycles. The van der Waals surface area contributed by atoms with Crippen LogP contribution in [0.15, 0.2) is 48.7 Å². The fourth-order valence-corrected chi connectivity index (χ4v) is 3.13. The molecule has 2 aromatic rings. The van der Waals surface area contributed by atoms with E-state index >= 15 is 0 Å². The molecule has 0 aliphatic carbocycles. The summed E-state index contributed by atoms with van der Waals surface area (Å²) in [6.07, 6.45) is 4.05. The Bertz CT molecular complexity index is 702. The van der Waals surface area contributed by atoms with Crippen LogP contribution < -0.4 is 9.47 Å². The average Bonchev–Trinajstić information content (AvgIpc) is 3.03. The molecule has 5 heteroatoms. The first-order valence-corrected chi connectivity index (χ1v) is 7.81. The summed E-state index contributed by atoms with van der Waals surface area (Å²) in [6, 6.07) is 12.9. The summed E-state index contributed by atoms with van der Waals surface area (Å²) in [5.41, 5.74) is 1.32. The number of likely N-dealkylation sites (tertiary alicyclic amines) is 1. The molecule has 0 unspecified atom stereocenters. The van der Waals surface area contributed by atoms with Crippen molar-refractivity contribution in [3.8, 4) is 5.75 Å². The summed E-state index contributed by atoms with van der Waals surface area (Å²) in [4.78, 5) is 14.5. The number of benzene rings is 1. The Hall–Kier alpha value is -2.56. The molecule has 0 radical (unpaired) electrons. The molecule has 0 saturated carbocycles. The Morgan fingerprint density at radius 1 is 1.35 bits per heavy atom. The van der Waals surface area contributed by atoms with Crippen LogP contribution in [0.1, 0.15) is 28.9 Å². The van der Waals surface area contributed by atoms with Gasteiger partial charge in [0.25, 0.3) is 5.69 Å². The van der Waals surface area contributed by atoms with Gasteiger partial charge >= 0.3 is 5.91 Å². The van der Waals surface area contributed by atoms with Crippen molar-refractivity contribution >= 4 is 5.91 Å². The first-order valence-electron chi connectivity index (χ1n) is 7.81. The molecule has 3 rings (SSSR count). The average molecular weight is 312 g/mol. The van der Waals surface area contributed by atoms with Gasteiger partial charge in [-0.1, -0.05) is 12.1 Å². The third kappa shape index (κ3) is 3.28. The topological polar surface area (TPSA) is 56.5 Å². The van der Waals surface area contributed by atoms with Crippen molar-refractivity contribution in [1.29, 1.82) is 0 Å². The lowest BCUT2D eigenvalue weighted by molar-refractivity contribution is -0.608. The maximum atomic E-state index is 12.7. The molecule has 1 amide bonds. The lowest BCUT2D eigenvalue weighted by atomic mass is 10.0. The first kappa shape index (κ1) is 15.3. The third-order valence-electron chi connectivity index (χ3n) is 4.29. The zero-order chi connectivity index (χ0) is 16.2. The van der Waals surface area contributed by atoms with Gasteiger partial charge in [-0.25, -0.2) is 0 Å². The smallest absolute Gasteiger partial charge is 0.320 e. The number of hydrogen-bond donors (Lipinski definition) is 0. The number of aromatic nitrogens is 1. The van der Waals surface area contributed by atoms with Crippen LogP contribution >= 0.6 is 0 Å². The Kier molecular flexibility index (Phi) is 4.46. The van der Waals surface area contributed by atoms with Gasteiger partial charge in [0.05, 0.1) is 7.11 Å². The predicted molar refractivity (Wildman–Crippen MR) is 86.2 cm³/mol. The Labute approximate surface area is 135 Å². The lowest BCUT2D eigenvalue weighted by Gasteiger charge is -2.24. The zero-order valence-corrected chi connectivity index (χ0v) is 13.1. The fourth-order valence-electron chi connectivity index (χ4n) is 3.13. The molecule has 1 aliphatic rings. The molecule has 1 aromatic carbocycles. The number of rotatable bonds is 4. The van der Waals surface area contributed by atoms with Gasteiger partial charge in [-0.05, 0) is 43.0 Å². The summed E-state index contributed by atoms with van der Waals surface area (Å²) in [5, 5.41) is 11.8. The second-order valence-corrected chi connectivity index (χ2v) is 5.76. The van der Waals surface area contributed by atoms with E-state index in [0.717, 1.165) is 30.6 Å². The number of hydrogen-bond acceptors (Lipinski definition) is 3. The zero-order valence-electron chi connectivity index (χ0n) is 13.1. The first-order chi connectivity index (χ1) is 11.2. The van der Waals surface area contributed by atoms with Crippen LogP contribution in [-0.2, 0) is 6.42 Å². The standard InChI is InChI=1S/C18H20N2O3/c1-23-16-8-4-6-14(13-16)12-15-7-5-10-19(15)18(21)17-9-2-3-11-20(17)22/h2-4,6,8-9,11,13,15H,5,7,10,12H2,1H3/t15-/m0/s1. The molecule has 1 saturated heterocycles. The number of nitrogens with zero attached hydrogens (tertiary/aromatic N) is 2. The summed E-state index contributed by atoms with van der Waals surface area (Å²) < 4.78 is 5.90. The number of carbonyl (C=O) groups is 1.